The molecule has 0 aliphatic carbocycles. The summed E-state index contributed by atoms with van der Waals surface area (Å²) in [6.45, 7) is 4.49. The summed E-state index contributed by atoms with van der Waals surface area (Å²) in [7, 11) is -3.19. The van der Waals surface area contributed by atoms with Gasteiger partial charge in [-0.3, -0.25) is 4.79 Å². The Bertz CT molecular complexity index is 706. The van der Waals surface area contributed by atoms with Crippen LogP contribution in [0.5, 0.6) is 5.75 Å². The zero-order valence-electron chi connectivity index (χ0n) is 15.1. The molecule has 1 aromatic rings. The van der Waals surface area contributed by atoms with E-state index in [0.29, 0.717) is 38.3 Å². The van der Waals surface area contributed by atoms with Crippen molar-refractivity contribution in [3.8, 4) is 5.75 Å². The van der Waals surface area contributed by atoms with Gasteiger partial charge in [-0.25, -0.2) is 8.42 Å². The molecular weight excluding hydrogens is 356 g/mol. The molecule has 2 aliphatic rings. The topological polar surface area (TPSA) is 76.2 Å². The van der Waals surface area contributed by atoms with Gasteiger partial charge in [-0.15, -0.1) is 0 Å². The summed E-state index contributed by atoms with van der Waals surface area (Å²) in [6.07, 6.45) is 2.26. The van der Waals surface area contributed by atoms with Crippen LogP contribution in [0.1, 0.15) is 30.1 Å². The first-order chi connectivity index (χ1) is 12.5. The van der Waals surface area contributed by atoms with Crippen molar-refractivity contribution >= 4 is 15.9 Å². The van der Waals surface area contributed by atoms with E-state index in [-0.39, 0.29) is 17.8 Å². The van der Waals surface area contributed by atoms with Gasteiger partial charge in [0.25, 0.3) is 5.91 Å². The summed E-state index contributed by atoms with van der Waals surface area (Å²) in [6, 6.07) is 7.09. The standard InChI is InChI=1S/C18H26N2O5S/c1-2-26(22,23)20-11-9-19(10-12-20)18(21)15-5-7-16(8-6-15)25-14-17-4-3-13-24-17/h5-8,17H,2-4,9-14H2,1H3. The number of rotatable bonds is 6. The van der Waals surface area contributed by atoms with Gasteiger partial charge >= 0.3 is 0 Å². The van der Waals surface area contributed by atoms with Crippen molar-refractivity contribution in [1.82, 2.24) is 9.21 Å². The van der Waals surface area contributed by atoms with Gasteiger partial charge in [0.15, 0.2) is 0 Å². The van der Waals surface area contributed by atoms with E-state index in [1.807, 2.05) is 0 Å². The summed E-state index contributed by atoms with van der Waals surface area (Å²) in [4.78, 5) is 14.3. The first-order valence-corrected chi connectivity index (χ1v) is 10.7. The predicted octanol–water partition coefficient (Wildman–Crippen LogP) is 1.35. The zero-order chi connectivity index (χ0) is 18.6. The number of carbonyl (C=O) groups is 1. The van der Waals surface area contributed by atoms with Crippen LogP contribution in [-0.4, -0.2) is 74.8 Å². The molecule has 0 bridgehead atoms. The summed E-state index contributed by atoms with van der Waals surface area (Å²) >= 11 is 0. The highest BCUT2D eigenvalue weighted by atomic mass is 32.2. The van der Waals surface area contributed by atoms with Gasteiger partial charge in [0, 0.05) is 38.3 Å². The van der Waals surface area contributed by atoms with Crippen molar-refractivity contribution in [1.29, 1.82) is 0 Å². The Morgan fingerprint density at radius 2 is 1.88 bits per heavy atom. The van der Waals surface area contributed by atoms with Crippen molar-refractivity contribution in [3.63, 3.8) is 0 Å². The highest BCUT2D eigenvalue weighted by Crippen LogP contribution is 2.18. The molecule has 0 radical (unpaired) electrons. The van der Waals surface area contributed by atoms with Gasteiger partial charge in [-0.05, 0) is 44.0 Å². The number of carbonyl (C=O) groups excluding carboxylic acids is 1. The Kier molecular flexibility index (Phi) is 6.16. The number of amides is 1. The predicted molar refractivity (Wildman–Crippen MR) is 97.8 cm³/mol. The lowest BCUT2D eigenvalue weighted by molar-refractivity contribution is 0.0676. The largest absolute Gasteiger partial charge is 0.491 e. The fourth-order valence-electron chi connectivity index (χ4n) is 3.19. The Hall–Kier alpha value is -1.64. The van der Waals surface area contributed by atoms with Crippen LogP contribution in [0.4, 0.5) is 0 Å². The molecule has 8 heteroatoms. The van der Waals surface area contributed by atoms with E-state index < -0.39 is 10.0 Å². The number of sulfonamides is 1. The van der Waals surface area contributed by atoms with Crippen molar-refractivity contribution in [2.24, 2.45) is 0 Å². The molecule has 1 unspecified atom stereocenters. The van der Waals surface area contributed by atoms with Gasteiger partial charge in [0.1, 0.15) is 12.4 Å². The summed E-state index contributed by atoms with van der Waals surface area (Å²) < 4.78 is 36.5. The first kappa shape index (κ1) is 19.1. The smallest absolute Gasteiger partial charge is 0.253 e. The maximum Gasteiger partial charge on any atom is 0.253 e. The van der Waals surface area contributed by atoms with E-state index in [1.54, 1.807) is 36.1 Å². The highest BCUT2D eigenvalue weighted by molar-refractivity contribution is 7.89. The van der Waals surface area contributed by atoms with Crippen LogP contribution in [-0.2, 0) is 14.8 Å². The van der Waals surface area contributed by atoms with E-state index in [4.69, 9.17) is 9.47 Å². The molecule has 0 aromatic heterocycles. The van der Waals surface area contributed by atoms with Gasteiger partial charge in [-0.2, -0.15) is 4.31 Å². The molecule has 0 saturated carbocycles. The van der Waals surface area contributed by atoms with E-state index in [9.17, 15) is 13.2 Å². The van der Waals surface area contributed by atoms with Crippen molar-refractivity contribution in [3.05, 3.63) is 29.8 Å². The van der Waals surface area contributed by atoms with Gasteiger partial charge < -0.3 is 14.4 Å². The molecule has 1 aromatic carbocycles. The fraction of sp³-hybridized carbons (Fsp3) is 0.611. The van der Waals surface area contributed by atoms with E-state index in [2.05, 4.69) is 0 Å². The van der Waals surface area contributed by atoms with Crippen LogP contribution >= 0.6 is 0 Å². The number of ether oxygens (including phenoxy) is 2. The molecule has 2 heterocycles. The Morgan fingerprint density at radius 3 is 2.46 bits per heavy atom. The summed E-state index contributed by atoms with van der Waals surface area (Å²) in [5.74, 6) is 0.731. The van der Waals surface area contributed by atoms with E-state index in [0.717, 1.165) is 25.2 Å². The molecule has 144 valence electrons. The van der Waals surface area contributed by atoms with Crippen LogP contribution in [0.3, 0.4) is 0 Å². The monoisotopic (exact) mass is 382 g/mol. The lowest BCUT2D eigenvalue weighted by Gasteiger charge is -2.33. The van der Waals surface area contributed by atoms with Crippen LogP contribution in [0.25, 0.3) is 0 Å². The molecule has 0 spiro atoms. The number of benzene rings is 1. The molecule has 1 atom stereocenters. The number of piperazine rings is 1. The van der Waals surface area contributed by atoms with Gasteiger partial charge in [0.2, 0.25) is 10.0 Å². The Labute approximate surface area is 154 Å². The van der Waals surface area contributed by atoms with Crippen molar-refractivity contribution < 1.29 is 22.7 Å². The summed E-state index contributed by atoms with van der Waals surface area (Å²) in [5.41, 5.74) is 0.585. The Balaban J connectivity index is 1.52. The second-order valence-electron chi connectivity index (χ2n) is 6.56. The average molecular weight is 382 g/mol. The minimum absolute atomic E-state index is 0.0794. The molecule has 2 fully saturated rings. The number of nitrogens with zero attached hydrogens (tertiary/aromatic N) is 2. The Morgan fingerprint density at radius 1 is 1.19 bits per heavy atom. The van der Waals surface area contributed by atoms with E-state index in [1.165, 1.54) is 4.31 Å². The van der Waals surface area contributed by atoms with Crippen LogP contribution in [0.15, 0.2) is 24.3 Å². The summed E-state index contributed by atoms with van der Waals surface area (Å²) in [5, 5.41) is 0. The normalized spacial score (nSPS) is 21.7. The van der Waals surface area contributed by atoms with Crippen LogP contribution in [0, 0.1) is 0 Å². The average Bonchev–Trinajstić information content (AvgIpc) is 3.20. The first-order valence-electron chi connectivity index (χ1n) is 9.11. The molecule has 26 heavy (non-hydrogen) atoms. The van der Waals surface area contributed by atoms with Gasteiger partial charge in [-0.1, -0.05) is 0 Å². The lowest BCUT2D eigenvalue weighted by atomic mass is 10.2. The molecule has 7 nitrogen and oxygen atoms in total. The third-order valence-corrected chi connectivity index (χ3v) is 6.73. The highest BCUT2D eigenvalue weighted by Gasteiger charge is 2.28. The SMILES string of the molecule is CCS(=O)(=O)N1CCN(C(=O)c2ccc(OCC3CCCO3)cc2)CC1. The maximum absolute atomic E-state index is 12.6. The molecule has 0 N–H and O–H groups in total. The van der Waals surface area contributed by atoms with E-state index >= 15 is 0 Å². The third kappa shape index (κ3) is 4.55. The quantitative estimate of drug-likeness (QED) is 0.742. The molecule has 3 rings (SSSR count). The maximum atomic E-state index is 12.6. The lowest BCUT2D eigenvalue weighted by Crippen LogP contribution is -2.50. The second kappa shape index (κ2) is 8.37. The molecule has 2 aliphatic heterocycles. The number of hydrogen-bond acceptors (Lipinski definition) is 5. The van der Waals surface area contributed by atoms with Crippen LogP contribution in [0.2, 0.25) is 0 Å². The number of hydrogen-bond donors (Lipinski definition) is 0. The second-order valence-corrected chi connectivity index (χ2v) is 8.82. The van der Waals surface area contributed by atoms with Crippen LogP contribution < -0.4 is 4.74 Å². The molecule has 2 saturated heterocycles. The zero-order valence-corrected chi connectivity index (χ0v) is 15.9. The molecular formula is C18H26N2O5S. The van der Waals surface area contributed by atoms with Gasteiger partial charge in [0.05, 0.1) is 11.9 Å². The third-order valence-electron chi connectivity index (χ3n) is 4.85. The minimum Gasteiger partial charge on any atom is -0.491 e. The molecule has 1 amide bonds. The minimum atomic E-state index is -3.19. The fourth-order valence-corrected chi connectivity index (χ4v) is 4.28. The van der Waals surface area contributed by atoms with Crippen molar-refractivity contribution in [2.45, 2.75) is 25.9 Å². The van der Waals surface area contributed by atoms with Crippen molar-refractivity contribution in [2.75, 3.05) is 45.1 Å².